The van der Waals surface area contributed by atoms with E-state index in [4.69, 9.17) is 4.74 Å². The minimum Gasteiger partial charge on any atom is -0.381 e. The molecular weight excluding hydrogens is 462 g/mol. The van der Waals surface area contributed by atoms with Crippen LogP contribution in [-0.2, 0) is 34.0 Å². The second-order valence-corrected chi connectivity index (χ2v) is 9.45. The number of fused-ring (bicyclic) bond motifs is 1. The van der Waals surface area contributed by atoms with Crippen LogP contribution in [0.2, 0.25) is 0 Å². The minimum atomic E-state index is -1.16. The average molecular weight is 494 g/mol. The van der Waals surface area contributed by atoms with Gasteiger partial charge in [0.25, 0.3) is 5.91 Å². The Morgan fingerprint density at radius 1 is 1.25 bits per heavy atom. The Kier molecular flexibility index (Phi) is 8.06. The predicted molar refractivity (Wildman–Crippen MR) is 137 cm³/mol. The lowest BCUT2D eigenvalue weighted by molar-refractivity contribution is -0.127. The molecule has 2 aromatic carbocycles. The minimum absolute atomic E-state index is 0.163. The van der Waals surface area contributed by atoms with Gasteiger partial charge in [0.15, 0.2) is 0 Å². The molecule has 0 spiro atoms. The lowest BCUT2D eigenvalue weighted by Gasteiger charge is -2.37. The highest BCUT2D eigenvalue weighted by Gasteiger charge is 2.45. The number of anilines is 1. The fourth-order valence-electron chi connectivity index (χ4n) is 4.92. The SMILES string of the molecule is BC(CCC=O)(C(=O)NC)N1Cc2c(NCc3ccc(CN4CCOCC4)cc3F)cccc2C1=O. The smallest absolute Gasteiger partial charge is 0.254 e. The number of hydrogen-bond acceptors (Lipinski definition) is 6. The van der Waals surface area contributed by atoms with Crippen LogP contribution in [0.5, 0.6) is 0 Å². The first-order chi connectivity index (χ1) is 17.4. The second kappa shape index (κ2) is 11.2. The van der Waals surface area contributed by atoms with Gasteiger partial charge < -0.3 is 25.1 Å². The van der Waals surface area contributed by atoms with Gasteiger partial charge in [0.1, 0.15) is 19.9 Å². The first-order valence-corrected chi connectivity index (χ1v) is 12.3. The summed E-state index contributed by atoms with van der Waals surface area (Å²) in [5.74, 6) is -0.858. The van der Waals surface area contributed by atoms with Gasteiger partial charge in [-0.3, -0.25) is 14.5 Å². The molecular formula is C26H32BFN4O4. The third-order valence-electron chi connectivity index (χ3n) is 7.13. The molecule has 0 bridgehead atoms. The van der Waals surface area contributed by atoms with Gasteiger partial charge in [-0.15, -0.1) is 0 Å². The maximum atomic E-state index is 14.9. The highest BCUT2D eigenvalue weighted by atomic mass is 19.1. The number of likely N-dealkylation sites (N-methyl/N-ethyl adjacent to an activating group) is 1. The number of ether oxygens (including phenoxy) is 1. The van der Waals surface area contributed by atoms with Gasteiger partial charge in [0, 0.05) is 68.6 Å². The Morgan fingerprint density at radius 2 is 2.03 bits per heavy atom. The summed E-state index contributed by atoms with van der Waals surface area (Å²) in [4.78, 5) is 40.8. The number of amides is 2. The van der Waals surface area contributed by atoms with Gasteiger partial charge in [-0.05, 0) is 30.2 Å². The molecule has 2 aliphatic heterocycles. The number of nitrogens with one attached hydrogen (secondary N) is 2. The molecule has 0 radical (unpaired) electrons. The zero-order valence-electron chi connectivity index (χ0n) is 20.8. The quantitative estimate of drug-likeness (QED) is 0.382. The largest absolute Gasteiger partial charge is 0.381 e. The maximum absolute atomic E-state index is 14.9. The van der Waals surface area contributed by atoms with Crippen LogP contribution in [0.4, 0.5) is 10.1 Å². The van der Waals surface area contributed by atoms with Crippen LogP contribution in [0.25, 0.3) is 0 Å². The third kappa shape index (κ3) is 5.29. The van der Waals surface area contributed by atoms with E-state index >= 15 is 0 Å². The zero-order valence-corrected chi connectivity index (χ0v) is 20.8. The first-order valence-electron chi connectivity index (χ1n) is 12.3. The van der Waals surface area contributed by atoms with Crippen molar-refractivity contribution < 1.29 is 23.5 Å². The topological polar surface area (TPSA) is 91.0 Å². The molecule has 0 aliphatic carbocycles. The van der Waals surface area contributed by atoms with E-state index in [0.29, 0.717) is 30.9 Å². The lowest BCUT2D eigenvalue weighted by Crippen LogP contribution is -2.59. The van der Waals surface area contributed by atoms with E-state index in [1.165, 1.54) is 11.9 Å². The van der Waals surface area contributed by atoms with Crippen molar-refractivity contribution in [3.05, 3.63) is 64.5 Å². The molecule has 2 aliphatic rings. The Morgan fingerprint density at radius 3 is 2.72 bits per heavy atom. The highest BCUT2D eigenvalue weighted by Crippen LogP contribution is 2.35. The normalized spacial score (nSPS) is 17.4. The fraction of sp³-hybridized carbons (Fsp3) is 0.423. The molecule has 1 fully saturated rings. The van der Waals surface area contributed by atoms with Crippen LogP contribution in [-0.4, -0.2) is 74.5 Å². The monoisotopic (exact) mass is 494 g/mol. The molecule has 1 atom stereocenters. The molecule has 2 N–H and O–H groups in total. The number of nitrogens with zero attached hydrogens (tertiary/aromatic N) is 2. The number of carbonyl (C=O) groups excluding carboxylic acids is 3. The Labute approximate surface area is 211 Å². The van der Waals surface area contributed by atoms with Crippen LogP contribution in [0, 0.1) is 5.82 Å². The molecule has 2 heterocycles. The number of rotatable bonds is 10. The van der Waals surface area contributed by atoms with E-state index in [1.54, 1.807) is 32.1 Å². The van der Waals surface area contributed by atoms with Gasteiger partial charge >= 0.3 is 0 Å². The molecule has 8 nitrogen and oxygen atoms in total. The summed E-state index contributed by atoms with van der Waals surface area (Å²) in [5.41, 5.74) is 2.26. The van der Waals surface area contributed by atoms with Crippen LogP contribution in [0.1, 0.15) is 39.9 Å². The number of morpholine rings is 1. The second-order valence-electron chi connectivity index (χ2n) is 9.45. The molecule has 1 saturated heterocycles. The van der Waals surface area contributed by atoms with Crippen molar-refractivity contribution in [2.45, 2.75) is 37.9 Å². The predicted octanol–water partition coefficient (Wildman–Crippen LogP) is 1.28. The molecule has 190 valence electrons. The van der Waals surface area contributed by atoms with E-state index in [-0.39, 0.29) is 43.6 Å². The third-order valence-corrected chi connectivity index (χ3v) is 7.13. The van der Waals surface area contributed by atoms with E-state index < -0.39 is 5.44 Å². The summed E-state index contributed by atoms with van der Waals surface area (Å²) in [6.45, 7) is 4.25. The summed E-state index contributed by atoms with van der Waals surface area (Å²) in [6.07, 6.45) is 1.14. The van der Waals surface area contributed by atoms with E-state index in [2.05, 4.69) is 15.5 Å². The number of hydrogen-bond donors (Lipinski definition) is 2. The van der Waals surface area contributed by atoms with E-state index in [9.17, 15) is 18.8 Å². The van der Waals surface area contributed by atoms with Gasteiger partial charge in [0.05, 0.1) is 18.7 Å². The van der Waals surface area contributed by atoms with Crippen molar-refractivity contribution in [2.24, 2.45) is 0 Å². The molecule has 2 aromatic rings. The van der Waals surface area contributed by atoms with Gasteiger partial charge in [-0.2, -0.15) is 0 Å². The molecule has 0 saturated carbocycles. The van der Waals surface area contributed by atoms with Gasteiger partial charge in [-0.25, -0.2) is 4.39 Å². The highest BCUT2D eigenvalue weighted by molar-refractivity contribution is 6.30. The molecule has 2 amide bonds. The van der Waals surface area contributed by atoms with Crippen molar-refractivity contribution >= 4 is 31.6 Å². The molecule has 4 rings (SSSR count). The summed E-state index contributed by atoms with van der Waals surface area (Å²) in [5, 5.41) is 5.90. The standard InChI is InChI=1S/C26H32BFN4O4/c1-29-25(35)26(27,8-3-11-33)32-17-21-20(24(32)34)4-2-5-23(21)30-15-19-7-6-18(14-22(19)28)16-31-9-12-36-13-10-31/h2,4-7,11,14,30H,3,8-10,12-13,15-17,27H2,1H3,(H,29,35). The Bertz CT molecular complexity index is 1140. The fourth-order valence-corrected chi connectivity index (χ4v) is 4.92. The van der Waals surface area contributed by atoms with Crippen LogP contribution >= 0.6 is 0 Å². The zero-order chi connectivity index (χ0) is 25.7. The summed E-state index contributed by atoms with van der Waals surface area (Å²) < 4.78 is 20.3. The van der Waals surface area contributed by atoms with Crippen molar-refractivity contribution in [1.82, 2.24) is 15.1 Å². The molecule has 0 aromatic heterocycles. The Balaban J connectivity index is 1.48. The molecule has 1 unspecified atom stereocenters. The van der Waals surface area contributed by atoms with Crippen molar-refractivity contribution in [3.8, 4) is 0 Å². The number of carbonyl (C=O) groups is 3. The first kappa shape index (κ1) is 25.8. The summed E-state index contributed by atoms with van der Waals surface area (Å²) in [6, 6.07) is 10.7. The van der Waals surface area contributed by atoms with Crippen molar-refractivity contribution in [2.75, 3.05) is 38.7 Å². The van der Waals surface area contributed by atoms with E-state index in [1.807, 2.05) is 12.1 Å². The number of halogens is 1. The number of aldehydes is 1. The van der Waals surface area contributed by atoms with Gasteiger partial charge in [0.2, 0.25) is 5.91 Å². The Hall–Kier alpha value is -3.24. The molecule has 36 heavy (non-hydrogen) atoms. The molecule has 10 heteroatoms. The van der Waals surface area contributed by atoms with Gasteiger partial charge in [-0.1, -0.05) is 18.2 Å². The van der Waals surface area contributed by atoms with Crippen LogP contribution < -0.4 is 10.6 Å². The lowest BCUT2D eigenvalue weighted by atomic mass is 9.71. The summed E-state index contributed by atoms with van der Waals surface area (Å²) in [7, 11) is 3.20. The van der Waals surface area contributed by atoms with E-state index in [0.717, 1.165) is 36.2 Å². The van der Waals surface area contributed by atoms with Crippen LogP contribution in [0.3, 0.4) is 0 Å². The number of benzene rings is 2. The maximum Gasteiger partial charge on any atom is 0.254 e. The van der Waals surface area contributed by atoms with Crippen molar-refractivity contribution in [1.29, 1.82) is 0 Å². The summed E-state index contributed by atoms with van der Waals surface area (Å²) >= 11 is 0. The van der Waals surface area contributed by atoms with Crippen LogP contribution in [0.15, 0.2) is 36.4 Å². The van der Waals surface area contributed by atoms with Crippen molar-refractivity contribution in [3.63, 3.8) is 0 Å². The average Bonchev–Trinajstić information content (AvgIpc) is 3.24.